The number of nitrogens with zero attached hydrogens (tertiary/aromatic N) is 1. The molecule has 0 aliphatic carbocycles. The normalized spacial score (nSPS) is 12.7. The number of benzene rings is 1. The number of H-pyrrole nitrogens is 1. The van der Waals surface area contributed by atoms with Crippen molar-refractivity contribution in [3.05, 3.63) is 52.0 Å². The van der Waals surface area contributed by atoms with E-state index in [2.05, 4.69) is 35.2 Å². The van der Waals surface area contributed by atoms with E-state index in [1.807, 2.05) is 36.6 Å². The molecular formula is C17H19N3OS. The molecule has 0 fully saturated rings. The summed E-state index contributed by atoms with van der Waals surface area (Å²) >= 11 is 1.67. The molecule has 0 radical (unpaired) electrons. The number of carbonyl (C=O) groups excluding carboxylic acids is 1. The van der Waals surface area contributed by atoms with Crippen molar-refractivity contribution >= 4 is 28.3 Å². The van der Waals surface area contributed by atoms with E-state index in [4.69, 9.17) is 0 Å². The topological polar surface area (TPSA) is 57.8 Å². The van der Waals surface area contributed by atoms with Crippen LogP contribution in [0.15, 0.2) is 35.7 Å². The summed E-state index contributed by atoms with van der Waals surface area (Å²) in [7, 11) is 0. The van der Waals surface area contributed by atoms with Crippen molar-refractivity contribution in [2.24, 2.45) is 5.92 Å². The molecule has 2 aromatic heterocycles. The van der Waals surface area contributed by atoms with Crippen molar-refractivity contribution in [2.75, 3.05) is 0 Å². The quantitative estimate of drug-likeness (QED) is 0.763. The summed E-state index contributed by atoms with van der Waals surface area (Å²) in [5.41, 5.74) is 2.42. The molecule has 5 heteroatoms. The Morgan fingerprint density at radius 2 is 2.14 bits per heavy atom. The molecule has 1 atom stereocenters. The average Bonchev–Trinajstić information content (AvgIpc) is 3.11. The maximum Gasteiger partial charge on any atom is 0.251 e. The molecule has 0 saturated carbocycles. The van der Waals surface area contributed by atoms with Gasteiger partial charge in [-0.05, 0) is 42.5 Å². The molecule has 0 saturated heterocycles. The Bertz CT molecular complexity index is 789. The Morgan fingerprint density at radius 1 is 1.32 bits per heavy atom. The van der Waals surface area contributed by atoms with Crippen LogP contribution in [-0.4, -0.2) is 15.9 Å². The van der Waals surface area contributed by atoms with E-state index in [1.165, 1.54) is 4.88 Å². The van der Waals surface area contributed by atoms with Crippen LogP contribution in [0, 0.1) is 12.8 Å². The van der Waals surface area contributed by atoms with Gasteiger partial charge in [0.05, 0.1) is 17.1 Å². The number of nitrogens with one attached hydrogen (secondary N) is 2. The first-order chi connectivity index (χ1) is 10.5. The zero-order valence-electron chi connectivity index (χ0n) is 12.9. The lowest BCUT2D eigenvalue weighted by molar-refractivity contribution is 0.0926. The highest BCUT2D eigenvalue weighted by atomic mass is 32.1. The summed E-state index contributed by atoms with van der Waals surface area (Å²) in [5, 5.41) is 5.18. The summed E-state index contributed by atoms with van der Waals surface area (Å²) in [5.74, 6) is 1.13. The van der Waals surface area contributed by atoms with Crippen molar-refractivity contribution in [3.8, 4) is 0 Å². The lowest BCUT2D eigenvalue weighted by Crippen LogP contribution is -2.31. The van der Waals surface area contributed by atoms with Gasteiger partial charge in [0.15, 0.2) is 0 Å². The summed E-state index contributed by atoms with van der Waals surface area (Å²) in [6, 6.07) is 9.67. The number of fused-ring (bicyclic) bond motifs is 1. The van der Waals surface area contributed by atoms with E-state index in [9.17, 15) is 4.79 Å². The van der Waals surface area contributed by atoms with Gasteiger partial charge in [-0.3, -0.25) is 4.79 Å². The summed E-state index contributed by atoms with van der Waals surface area (Å²) in [4.78, 5) is 21.3. The van der Waals surface area contributed by atoms with Crippen LogP contribution in [0.25, 0.3) is 11.0 Å². The standard InChI is InChI=1S/C17H19N3OS/c1-10(2)16(15-5-4-8-22-15)20-17(21)12-6-7-13-14(9-12)19-11(3)18-13/h4-10,16H,1-3H3,(H,18,19)(H,20,21)/t16-/m1/s1. The second kappa shape index (κ2) is 5.93. The van der Waals surface area contributed by atoms with Gasteiger partial charge in [-0.25, -0.2) is 4.98 Å². The monoisotopic (exact) mass is 313 g/mol. The van der Waals surface area contributed by atoms with Crippen LogP contribution in [0.5, 0.6) is 0 Å². The number of imidazole rings is 1. The summed E-state index contributed by atoms with van der Waals surface area (Å²) in [6.07, 6.45) is 0. The number of aromatic amines is 1. The van der Waals surface area contributed by atoms with Crippen LogP contribution in [0.3, 0.4) is 0 Å². The maximum atomic E-state index is 12.6. The first-order valence-corrected chi connectivity index (χ1v) is 8.23. The SMILES string of the molecule is Cc1nc2ccc(C(=O)N[C@@H](c3cccs3)C(C)C)cc2[nH]1. The average molecular weight is 313 g/mol. The smallest absolute Gasteiger partial charge is 0.251 e. The van der Waals surface area contributed by atoms with Gasteiger partial charge in [0.25, 0.3) is 5.91 Å². The minimum Gasteiger partial charge on any atom is -0.344 e. The van der Waals surface area contributed by atoms with Crippen molar-refractivity contribution in [2.45, 2.75) is 26.8 Å². The largest absolute Gasteiger partial charge is 0.344 e. The molecule has 2 N–H and O–H groups in total. The van der Waals surface area contributed by atoms with Gasteiger partial charge in [0.1, 0.15) is 5.82 Å². The van der Waals surface area contributed by atoms with Gasteiger partial charge < -0.3 is 10.3 Å². The molecule has 4 nitrogen and oxygen atoms in total. The molecule has 0 bridgehead atoms. The molecular weight excluding hydrogens is 294 g/mol. The third-order valence-electron chi connectivity index (χ3n) is 3.67. The van der Waals surface area contributed by atoms with Crippen LogP contribution >= 0.6 is 11.3 Å². The van der Waals surface area contributed by atoms with E-state index in [-0.39, 0.29) is 11.9 Å². The summed E-state index contributed by atoms with van der Waals surface area (Å²) in [6.45, 7) is 6.14. The Morgan fingerprint density at radius 3 is 2.82 bits per heavy atom. The minimum atomic E-state index is -0.0544. The number of hydrogen-bond acceptors (Lipinski definition) is 3. The number of rotatable bonds is 4. The zero-order chi connectivity index (χ0) is 15.7. The molecule has 1 amide bonds. The Labute approximate surface area is 133 Å². The Kier molecular flexibility index (Phi) is 3.98. The minimum absolute atomic E-state index is 0.0340. The molecule has 0 aliphatic rings. The van der Waals surface area contributed by atoms with Crippen molar-refractivity contribution < 1.29 is 4.79 Å². The number of amides is 1. The van der Waals surface area contributed by atoms with Crippen molar-refractivity contribution in [3.63, 3.8) is 0 Å². The lowest BCUT2D eigenvalue weighted by Gasteiger charge is -2.21. The third kappa shape index (κ3) is 2.90. The second-order valence-electron chi connectivity index (χ2n) is 5.76. The van der Waals surface area contributed by atoms with Gasteiger partial charge in [-0.1, -0.05) is 19.9 Å². The fourth-order valence-electron chi connectivity index (χ4n) is 2.54. The fourth-order valence-corrected chi connectivity index (χ4v) is 3.49. The van der Waals surface area contributed by atoms with Gasteiger partial charge in [-0.15, -0.1) is 11.3 Å². The lowest BCUT2D eigenvalue weighted by atomic mass is 10.0. The van der Waals surface area contributed by atoms with Gasteiger partial charge >= 0.3 is 0 Å². The van der Waals surface area contributed by atoms with Crippen LogP contribution in [0.2, 0.25) is 0 Å². The zero-order valence-corrected chi connectivity index (χ0v) is 13.7. The van der Waals surface area contributed by atoms with Gasteiger partial charge in [-0.2, -0.15) is 0 Å². The van der Waals surface area contributed by atoms with Gasteiger partial charge in [0.2, 0.25) is 0 Å². The molecule has 1 aromatic carbocycles. The van der Waals surface area contributed by atoms with Crippen LogP contribution in [0.1, 0.15) is 40.9 Å². The predicted octanol–water partition coefficient (Wildman–Crippen LogP) is 4.06. The summed E-state index contributed by atoms with van der Waals surface area (Å²) < 4.78 is 0. The number of aromatic nitrogens is 2. The first-order valence-electron chi connectivity index (χ1n) is 7.35. The molecule has 0 unspecified atom stereocenters. The molecule has 0 aliphatic heterocycles. The highest BCUT2D eigenvalue weighted by molar-refractivity contribution is 7.10. The number of carbonyl (C=O) groups is 1. The molecule has 22 heavy (non-hydrogen) atoms. The van der Waals surface area contributed by atoms with Crippen LogP contribution < -0.4 is 5.32 Å². The van der Waals surface area contributed by atoms with E-state index in [0.29, 0.717) is 11.5 Å². The molecule has 3 aromatic rings. The van der Waals surface area contributed by atoms with E-state index in [1.54, 1.807) is 11.3 Å². The van der Waals surface area contributed by atoms with E-state index >= 15 is 0 Å². The number of thiophene rings is 1. The van der Waals surface area contributed by atoms with Crippen molar-refractivity contribution in [1.29, 1.82) is 0 Å². The number of aryl methyl sites for hydroxylation is 1. The van der Waals surface area contributed by atoms with E-state index in [0.717, 1.165) is 16.9 Å². The van der Waals surface area contributed by atoms with Crippen molar-refractivity contribution in [1.82, 2.24) is 15.3 Å². The third-order valence-corrected chi connectivity index (χ3v) is 4.62. The van der Waals surface area contributed by atoms with Crippen LogP contribution in [-0.2, 0) is 0 Å². The first kappa shape index (κ1) is 14.8. The number of hydrogen-bond donors (Lipinski definition) is 2. The Hall–Kier alpha value is -2.14. The fraction of sp³-hybridized carbons (Fsp3) is 0.294. The second-order valence-corrected chi connectivity index (χ2v) is 6.74. The predicted molar refractivity (Wildman–Crippen MR) is 90.2 cm³/mol. The van der Waals surface area contributed by atoms with E-state index < -0.39 is 0 Å². The molecule has 3 rings (SSSR count). The highest BCUT2D eigenvalue weighted by Crippen LogP contribution is 2.26. The highest BCUT2D eigenvalue weighted by Gasteiger charge is 2.20. The molecule has 114 valence electrons. The van der Waals surface area contributed by atoms with Crippen LogP contribution in [0.4, 0.5) is 0 Å². The molecule has 0 spiro atoms. The maximum absolute atomic E-state index is 12.6. The molecule has 2 heterocycles. The Balaban J connectivity index is 1.85. The van der Waals surface area contributed by atoms with Gasteiger partial charge in [0, 0.05) is 10.4 Å².